The Morgan fingerprint density at radius 1 is 1.80 bits per heavy atom. The van der Waals surface area contributed by atoms with Crippen LogP contribution in [0, 0.1) is 0 Å². The number of alkyl halides is 1. The molecule has 0 aliphatic carbocycles. The predicted molar refractivity (Wildman–Crippen MR) is 41.1 cm³/mol. The molecule has 1 atom stereocenters. The first-order valence-corrected chi connectivity index (χ1v) is 4.22. The molecule has 0 amide bonds. The van der Waals surface area contributed by atoms with E-state index in [0.717, 1.165) is 0 Å². The lowest BCUT2D eigenvalue weighted by atomic mass is 10.3. The lowest BCUT2D eigenvalue weighted by molar-refractivity contribution is -0.144. The van der Waals surface area contributed by atoms with Gasteiger partial charge in [0.25, 0.3) is 0 Å². The first kappa shape index (κ1) is 9.91. The summed E-state index contributed by atoms with van der Waals surface area (Å²) in [4.78, 5) is 10.6. The fourth-order valence-corrected chi connectivity index (χ4v) is 0.696. The highest BCUT2D eigenvalue weighted by molar-refractivity contribution is 9.09. The molecule has 0 rings (SSSR count). The van der Waals surface area contributed by atoms with Gasteiger partial charge in [-0.2, -0.15) is 0 Å². The third-order valence-corrected chi connectivity index (χ3v) is 1.63. The van der Waals surface area contributed by atoms with E-state index in [4.69, 9.17) is 5.11 Å². The summed E-state index contributed by atoms with van der Waals surface area (Å²) >= 11 is 3.04. The van der Waals surface area contributed by atoms with Gasteiger partial charge in [-0.15, -0.1) is 0 Å². The van der Waals surface area contributed by atoms with Crippen molar-refractivity contribution in [2.75, 3.05) is 11.9 Å². The maximum Gasteiger partial charge on any atom is 0.308 e. The molecule has 4 heteroatoms. The normalized spacial score (nSPS) is 12.7. The summed E-state index contributed by atoms with van der Waals surface area (Å²) in [6, 6.07) is 0. The molecule has 0 saturated carbocycles. The highest BCUT2D eigenvalue weighted by Gasteiger charge is 2.08. The van der Waals surface area contributed by atoms with E-state index in [1.165, 1.54) is 0 Å². The number of aliphatic hydroxyl groups is 1. The molecular weight excluding hydrogens is 200 g/mol. The molecule has 0 fully saturated rings. The molecule has 0 heterocycles. The standard InChI is InChI=1S/C6H11BrO3/c1-2-10-6(9)3-5(8)4-7/h5,8H,2-4H2,1H3/t5-/m1/s1. The Kier molecular flexibility index (Phi) is 5.63. The van der Waals surface area contributed by atoms with Gasteiger partial charge in [-0.1, -0.05) is 15.9 Å². The van der Waals surface area contributed by atoms with Gasteiger partial charge < -0.3 is 9.84 Å². The van der Waals surface area contributed by atoms with Gasteiger partial charge in [0.2, 0.25) is 0 Å². The molecule has 10 heavy (non-hydrogen) atoms. The van der Waals surface area contributed by atoms with Gasteiger partial charge in [-0.05, 0) is 6.92 Å². The summed E-state index contributed by atoms with van der Waals surface area (Å²) in [6.45, 7) is 2.10. The van der Waals surface area contributed by atoms with Gasteiger partial charge in [-0.25, -0.2) is 0 Å². The minimum Gasteiger partial charge on any atom is -0.466 e. The summed E-state index contributed by atoms with van der Waals surface area (Å²) in [6.07, 6.45) is -0.557. The Morgan fingerprint density at radius 2 is 2.40 bits per heavy atom. The lowest BCUT2D eigenvalue weighted by Crippen LogP contribution is -2.16. The van der Waals surface area contributed by atoms with Gasteiger partial charge in [0.1, 0.15) is 0 Å². The van der Waals surface area contributed by atoms with E-state index in [1.807, 2.05) is 0 Å². The molecule has 0 aliphatic rings. The van der Waals surface area contributed by atoms with Crippen LogP contribution < -0.4 is 0 Å². The number of carbonyl (C=O) groups is 1. The van der Waals surface area contributed by atoms with Crippen LogP contribution in [0.15, 0.2) is 0 Å². The van der Waals surface area contributed by atoms with Crippen molar-refractivity contribution in [3.63, 3.8) is 0 Å². The smallest absolute Gasteiger partial charge is 0.308 e. The maximum absolute atomic E-state index is 10.6. The fraction of sp³-hybridized carbons (Fsp3) is 0.833. The molecule has 0 aromatic heterocycles. The molecule has 0 bridgehead atoms. The third kappa shape index (κ3) is 4.76. The van der Waals surface area contributed by atoms with Crippen molar-refractivity contribution in [2.24, 2.45) is 0 Å². The van der Waals surface area contributed by atoms with Crippen molar-refractivity contribution in [3.05, 3.63) is 0 Å². The summed E-state index contributed by atoms with van der Waals surface area (Å²) in [5.74, 6) is -0.352. The number of hydrogen-bond acceptors (Lipinski definition) is 3. The van der Waals surface area contributed by atoms with Gasteiger partial charge >= 0.3 is 5.97 Å². The summed E-state index contributed by atoms with van der Waals surface area (Å²) < 4.78 is 4.59. The van der Waals surface area contributed by atoms with E-state index in [1.54, 1.807) is 6.92 Å². The van der Waals surface area contributed by atoms with Crippen molar-refractivity contribution >= 4 is 21.9 Å². The molecule has 0 aromatic carbocycles. The highest BCUT2D eigenvalue weighted by Crippen LogP contribution is 1.97. The summed E-state index contributed by atoms with van der Waals surface area (Å²) in [5.41, 5.74) is 0. The fourth-order valence-electron chi connectivity index (χ4n) is 0.467. The topological polar surface area (TPSA) is 46.5 Å². The van der Waals surface area contributed by atoms with Crippen LogP contribution in [0.3, 0.4) is 0 Å². The molecule has 0 saturated heterocycles. The molecule has 0 aromatic rings. The number of halogens is 1. The van der Waals surface area contributed by atoms with Crippen LogP contribution in [-0.4, -0.2) is 29.1 Å². The molecular formula is C6H11BrO3. The second kappa shape index (κ2) is 5.68. The van der Waals surface area contributed by atoms with E-state index in [2.05, 4.69) is 20.7 Å². The Balaban J connectivity index is 3.37. The monoisotopic (exact) mass is 210 g/mol. The van der Waals surface area contributed by atoms with Crippen LogP contribution in [0.1, 0.15) is 13.3 Å². The van der Waals surface area contributed by atoms with Gasteiger partial charge in [0, 0.05) is 5.33 Å². The molecule has 0 aliphatic heterocycles. The number of rotatable bonds is 4. The first-order chi connectivity index (χ1) is 4.70. The van der Waals surface area contributed by atoms with Gasteiger partial charge in [-0.3, -0.25) is 4.79 Å². The Hall–Kier alpha value is -0.0900. The van der Waals surface area contributed by atoms with Crippen molar-refractivity contribution in [1.82, 2.24) is 0 Å². The minimum absolute atomic E-state index is 0.0685. The van der Waals surface area contributed by atoms with Crippen molar-refractivity contribution < 1.29 is 14.6 Å². The third-order valence-electron chi connectivity index (χ3n) is 0.886. The van der Waals surface area contributed by atoms with Crippen molar-refractivity contribution in [2.45, 2.75) is 19.4 Å². The molecule has 0 radical (unpaired) electrons. The van der Waals surface area contributed by atoms with Crippen molar-refractivity contribution in [3.8, 4) is 0 Å². The molecule has 1 N–H and O–H groups in total. The zero-order valence-electron chi connectivity index (χ0n) is 5.84. The minimum atomic E-state index is -0.626. The lowest BCUT2D eigenvalue weighted by Gasteiger charge is -2.04. The highest BCUT2D eigenvalue weighted by atomic mass is 79.9. The molecule has 0 unspecified atom stereocenters. The van der Waals surface area contributed by atoms with Crippen LogP contribution in [-0.2, 0) is 9.53 Å². The van der Waals surface area contributed by atoms with Crippen LogP contribution >= 0.6 is 15.9 Å². The van der Waals surface area contributed by atoms with Gasteiger partial charge in [0.05, 0.1) is 19.1 Å². The molecule has 0 spiro atoms. The number of hydrogen-bond donors (Lipinski definition) is 1. The van der Waals surface area contributed by atoms with E-state index in [9.17, 15) is 4.79 Å². The average Bonchev–Trinajstić information content (AvgIpc) is 1.88. The van der Waals surface area contributed by atoms with Crippen LogP contribution in [0.5, 0.6) is 0 Å². The zero-order chi connectivity index (χ0) is 7.98. The summed E-state index contributed by atoms with van der Waals surface area (Å²) in [7, 11) is 0. The average molecular weight is 211 g/mol. The molecule has 60 valence electrons. The zero-order valence-corrected chi connectivity index (χ0v) is 7.43. The second-order valence-electron chi connectivity index (χ2n) is 1.82. The number of esters is 1. The number of carbonyl (C=O) groups excluding carboxylic acids is 1. The van der Waals surface area contributed by atoms with E-state index >= 15 is 0 Å². The van der Waals surface area contributed by atoms with Gasteiger partial charge in [0.15, 0.2) is 0 Å². The van der Waals surface area contributed by atoms with Crippen molar-refractivity contribution in [1.29, 1.82) is 0 Å². The Bertz CT molecular complexity index is 105. The second-order valence-corrected chi connectivity index (χ2v) is 2.46. The maximum atomic E-state index is 10.6. The van der Waals surface area contributed by atoms with Crippen LogP contribution in [0.4, 0.5) is 0 Å². The van der Waals surface area contributed by atoms with Crippen LogP contribution in [0.25, 0.3) is 0 Å². The number of ether oxygens (including phenoxy) is 1. The Labute approximate surface area is 68.5 Å². The largest absolute Gasteiger partial charge is 0.466 e. The first-order valence-electron chi connectivity index (χ1n) is 3.10. The number of aliphatic hydroxyl groups excluding tert-OH is 1. The molecule has 3 nitrogen and oxygen atoms in total. The van der Waals surface area contributed by atoms with E-state index < -0.39 is 6.10 Å². The SMILES string of the molecule is CCOC(=O)C[C@@H](O)CBr. The summed E-state index contributed by atoms with van der Waals surface area (Å²) in [5, 5.41) is 9.32. The Morgan fingerprint density at radius 3 is 2.80 bits per heavy atom. The van der Waals surface area contributed by atoms with E-state index in [0.29, 0.717) is 11.9 Å². The predicted octanol–water partition coefficient (Wildman–Crippen LogP) is 0.695. The van der Waals surface area contributed by atoms with Crippen LogP contribution in [0.2, 0.25) is 0 Å². The van der Waals surface area contributed by atoms with E-state index in [-0.39, 0.29) is 12.4 Å². The quantitative estimate of drug-likeness (QED) is 0.549.